The van der Waals surface area contributed by atoms with Gasteiger partial charge >= 0.3 is 0 Å². The number of hydrogen-bond acceptors (Lipinski definition) is 7. The maximum absolute atomic E-state index is 11.8. The van der Waals surface area contributed by atoms with Crippen LogP contribution in [0.4, 0.5) is 0 Å². The molecular weight excluding hydrogens is 420 g/mol. The van der Waals surface area contributed by atoms with Gasteiger partial charge in [0.1, 0.15) is 0 Å². The van der Waals surface area contributed by atoms with E-state index in [1.165, 1.54) is 28.7 Å². The number of nitrogens with zero attached hydrogens (tertiary/aromatic N) is 3. The molecule has 138 valence electrons. The standard InChI is InChI=1S/C18H15ClN4OS3/c19-15-8-6-14(7-9-15)11-25-17-22-23-18(27-17)26-12-16(24)21-20-10-13-4-2-1-3-5-13/h1-10H,11-12H2,(H,21,24). The van der Waals surface area contributed by atoms with Crippen molar-refractivity contribution in [1.29, 1.82) is 0 Å². The van der Waals surface area contributed by atoms with Crippen molar-refractivity contribution in [2.45, 2.75) is 14.4 Å². The molecule has 0 unspecified atom stereocenters. The molecule has 9 heteroatoms. The first kappa shape index (κ1) is 19.9. The highest BCUT2D eigenvalue weighted by Gasteiger charge is 2.08. The molecule has 1 heterocycles. The minimum absolute atomic E-state index is 0.183. The molecule has 0 fully saturated rings. The summed E-state index contributed by atoms with van der Waals surface area (Å²) in [6, 6.07) is 17.3. The van der Waals surface area contributed by atoms with Gasteiger partial charge in [0.05, 0.1) is 12.0 Å². The first-order chi connectivity index (χ1) is 13.2. The number of benzene rings is 2. The van der Waals surface area contributed by atoms with E-state index < -0.39 is 0 Å². The van der Waals surface area contributed by atoms with Crippen LogP contribution in [0.15, 0.2) is 68.4 Å². The van der Waals surface area contributed by atoms with E-state index in [0.29, 0.717) is 0 Å². The van der Waals surface area contributed by atoms with Gasteiger partial charge in [0, 0.05) is 10.8 Å². The molecule has 0 spiro atoms. The van der Waals surface area contributed by atoms with E-state index in [9.17, 15) is 4.79 Å². The highest BCUT2D eigenvalue weighted by molar-refractivity contribution is 8.03. The van der Waals surface area contributed by atoms with E-state index in [0.717, 1.165) is 25.0 Å². The molecule has 0 saturated carbocycles. The van der Waals surface area contributed by atoms with Gasteiger partial charge in [-0.05, 0) is 23.3 Å². The summed E-state index contributed by atoms with van der Waals surface area (Å²) in [6.07, 6.45) is 1.61. The third-order valence-corrected chi connectivity index (χ3v) is 6.71. The van der Waals surface area contributed by atoms with Crippen molar-refractivity contribution in [2.75, 3.05) is 5.75 Å². The lowest BCUT2D eigenvalue weighted by molar-refractivity contribution is -0.118. The molecule has 0 aliphatic heterocycles. The maximum Gasteiger partial charge on any atom is 0.250 e. The predicted octanol–water partition coefficient (Wildman–Crippen LogP) is 4.73. The number of hydrazone groups is 1. The monoisotopic (exact) mass is 434 g/mol. The Hall–Kier alpha value is -1.87. The number of hydrogen-bond donors (Lipinski definition) is 1. The predicted molar refractivity (Wildman–Crippen MR) is 114 cm³/mol. The summed E-state index contributed by atoms with van der Waals surface area (Å²) < 4.78 is 1.63. The maximum atomic E-state index is 11.8. The van der Waals surface area contributed by atoms with Crippen LogP contribution in [0.25, 0.3) is 0 Å². The van der Waals surface area contributed by atoms with Gasteiger partial charge < -0.3 is 0 Å². The van der Waals surface area contributed by atoms with Gasteiger partial charge in [-0.15, -0.1) is 10.2 Å². The second kappa shape index (κ2) is 10.5. The van der Waals surface area contributed by atoms with Gasteiger partial charge in [-0.25, -0.2) is 5.43 Å². The first-order valence-electron chi connectivity index (χ1n) is 7.89. The van der Waals surface area contributed by atoms with Gasteiger partial charge in [-0.3, -0.25) is 4.79 Å². The number of rotatable bonds is 8. The van der Waals surface area contributed by atoms with Crippen LogP contribution in [-0.2, 0) is 10.5 Å². The molecule has 2 aromatic carbocycles. The van der Waals surface area contributed by atoms with Crippen LogP contribution in [0.3, 0.4) is 0 Å². The van der Waals surface area contributed by atoms with Gasteiger partial charge in [0.25, 0.3) is 5.91 Å². The van der Waals surface area contributed by atoms with Crippen LogP contribution >= 0.6 is 46.5 Å². The molecule has 0 saturated heterocycles. The number of carbonyl (C=O) groups excluding carboxylic acids is 1. The summed E-state index contributed by atoms with van der Waals surface area (Å²) >= 11 is 10.3. The van der Waals surface area contributed by atoms with Crippen LogP contribution in [0, 0.1) is 0 Å². The molecule has 5 nitrogen and oxygen atoms in total. The summed E-state index contributed by atoms with van der Waals surface area (Å²) in [5.74, 6) is 0.853. The lowest BCUT2D eigenvalue weighted by Gasteiger charge is -1.98. The van der Waals surface area contributed by atoms with Gasteiger partial charge in [0.15, 0.2) is 8.68 Å². The fourth-order valence-electron chi connectivity index (χ4n) is 1.92. The quantitative estimate of drug-likeness (QED) is 0.315. The molecule has 1 aromatic heterocycles. The lowest BCUT2D eigenvalue weighted by atomic mass is 10.2. The van der Waals surface area contributed by atoms with Crippen molar-refractivity contribution < 1.29 is 4.79 Å². The highest BCUT2D eigenvalue weighted by atomic mass is 35.5. The molecular formula is C18H15ClN4OS3. The Kier molecular flexibility index (Phi) is 7.70. The van der Waals surface area contributed by atoms with Crippen LogP contribution in [0.1, 0.15) is 11.1 Å². The second-order valence-corrected chi connectivity index (χ2v) is 9.10. The number of amides is 1. The molecule has 3 aromatic rings. The third-order valence-electron chi connectivity index (χ3n) is 3.19. The third kappa shape index (κ3) is 6.99. The van der Waals surface area contributed by atoms with Crippen molar-refractivity contribution in [2.24, 2.45) is 5.10 Å². The zero-order chi connectivity index (χ0) is 18.9. The van der Waals surface area contributed by atoms with Crippen molar-refractivity contribution in [1.82, 2.24) is 15.6 Å². The fourth-order valence-corrected chi connectivity index (χ4v) is 4.81. The van der Waals surface area contributed by atoms with Crippen LogP contribution in [0.5, 0.6) is 0 Å². The van der Waals surface area contributed by atoms with E-state index >= 15 is 0 Å². The minimum Gasteiger partial charge on any atom is -0.272 e. The zero-order valence-electron chi connectivity index (χ0n) is 14.0. The van der Waals surface area contributed by atoms with Crippen LogP contribution in [0.2, 0.25) is 5.02 Å². The Morgan fingerprint density at radius 3 is 2.52 bits per heavy atom. The smallest absolute Gasteiger partial charge is 0.250 e. The molecule has 3 rings (SSSR count). The second-order valence-electron chi connectivity index (χ2n) is 5.24. The summed E-state index contributed by atoms with van der Waals surface area (Å²) in [5.41, 5.74) is 4.61. The lowest BCUT2D eigenvalue weighted by Crippen LogP contribution is -2.19. The van der Waals surface area contributed by atoms with Gasteiger partial charge in [0.2, 0.25) is 0 Å². The Morgan fingerprint density at radius 1 is 1.07 bits per heavy atom. The van der Waals surface area contributed by atoms with E-state index in [4.69, 9.17) is 11.6 Å². The topological polar surface area (TPSA) is 67.2 Å². The molecule has 1 N–H and O–H groups in total. The Bertz CT molecular complexity index is 900. The van der Waals surface area contributed by atoms with Crippen molar-refractivity contribution in [3.05, 3.63) is 70.7 Å². The molecule has 0 aliphatic rings. The largest absolute Gasteiger partial charge is 0.272 e. The van der Waals surface area contributed by atoms with E-state index in [2.05, 4.69) is 20.7 Å². The van der Waals surface area contributed by atoms with E-state index in [-0.39, 0.29) is 11.7 Å². The number of carbonyl (C=O) groups is 1. The molecule has 0 aliphatic carbocycles. The number of thioether (sulfide) groups is 2. The Labute approximate surface area is 174 Å². The van der Waals surface area contributed by atoms with Crippen LogP contribution < -0.4 is 5.43 Å². The normalized spacial score (nSPS) is 11.0. The van der Waals surface area contributed by atoms with Crippen molar-refractivity contribution in [3.8, 4) is 0 Å². The van der Waals surface area contributed by atoms with E-state index in [1.54, 1.807) is 18.0 Å². The zero-order valence-corrected chi connectivity index (χ0v) is 17.2. The fraction of sp³-hybridized carbons (Fsp3) is 0.111. The minimum atomic E-state index is -0.183. The summed E-state index contributed by atoms with van der Waals surface area (Å²) in [4.78, 5) is 11.8. The Balaban J connectivity index is 1.40. The van der Waals surface area contributed by atoms with Crippen molar-refractivity contribution in [3.63, 3.8) is 0 Å². The van der Waals surface area contributed by atoms with Gasteiger partial charge in [-0.1, -0.05) is 88.9 Å². The van der Waals surface area contributed by atoms with Crippen LogP contribution in [-0.4, -0.2) is 28.1 Å². The summed E-state index contributed by atoms with van der Waals surface area (Å²) in [6.45, 7) is 0. The highest BCUT2D eigenvalue weighted by Crippen LogP contribution is 2.30. The molecule has 0 bridgehead atoms. The SMILES string of the molecule is O=C(CSc1nnc(SCc2ccc(Cl)cc2)s1)NN=Cc1ccccc1. The van der Waals surface area contributed by atoms with E-state index in [1.807, 2.05) is 54.6 Å². The van der Waals surface area contributed by atoms with Gasteiger partial charge in [-0.2, -0.15) is 5.10 Å². The Morgan fingerprint density at radius 2 is 1.78 bits per heavy atom. The average Bonchev–Trinajstić information content (AvgIpc) is 3.15. The molecule has 27 heavy (non-hydrogen) atoms. The number of aromatic nitrogens is 2. The molecule has 1 amide bonds. The number of halogens is 1. The van der Waals surface area contributed by atoms with Crippen molar-refractivity contribution >= 4 is 58.6 Å². The summed E-state index contributed by atoms with van der Waals surface area (Å²) in [7, 11) is 0. The molecule has 0 radical (unpaired) electrons. The first-order valence-corrected chi connectivity index (χ1v) is 11.1. The molecule has 0 atom stereocenters. The number of nitrogens with one attached hydrogen (secondary N) is 1. The summed E-state index contributed by atoms with van der Waals surface area (Å²) in [5, 5.41) is 12.9. The average molecular weight is 435 g/mol.